The highest BCUT2D eigenvalue weighted by molar-refractivity contribution is 5.10. The molecule has 0 spiro atoms. The highest BCUT2D eigenvalue weighted by Gasteiger charge is 2.16. The second-order valence-corrected chi connectivity index (χ2v) is 3.31. The van der Waals surface area contributed by atoms with E-state index in [2.05, 4.69) is 16.5 Å². The summed E-state index contributed by atoms with van der Waals surface area (Å²) in [6.07, 6.45) is 5.34. The fraction of sp³-hybridized carbons (Fsp3) is 0.556. The van der Waals surface area contributed by atoms with Crippen LogP contribution in [-0.4, -0.2) is 22.9 Å². The Morgan fingerprint density at radius 1 is 1.77 bits per heavy atom. The molecule has 2 rings (SSSR count). The lowest BCUT2D eigenvalue weighted by Crippen LogP contribution is -2.13. The predicted molar refractivity (Wildman–Crippen MR) is 48.1 cm³/mol. The maximum atomic E-state index is 8.49. The van der Waals surface area contributed by atoms with Crippen molar-refractivity contribution in [3.8, 4) is 6.07 Å². The van der Waals surface area contributed by atoms with Crippen LogP contribution in [0.4, 0.5) is 0 Å². The Morgan fingerprint density at radius 3 is 3.38 bits per heavy atom. The fourth-order valence-corrected chi connectivity index (χ4v) is 1.62. The molecule has 0 aliphatic carbocycles. The summed E-state index contributed by atoms with van der Waals surface area (Å²) in [6, 6.07) is 2.60. The molecule has 1 fully saturated rings. The largest absolute Gasteiger partial charge is 0.315 e. The van der Waals surface area contributed by atoms with Gasteiger partial charge in [-0.15, -0.1) is 0 Å². The van der Waals surface area contributed by atoms with Crippen LogP contribution >= 0.6 is 0 Å². The molecule has 1 saturated heterocycles. The molecule has 4 heteroatoms. The maximum Gasteiger partial charge on any atom is 0.0670 e. The Hall–Kier alpha value is -1.34. The van der Waals surface area contributed by atoms with Gasteiger partial charge in [0.15, 0.2) is 0 Å². The van der Waals surface area contributed by atoms with Crippen molar-refractivity contribution >= 4 is 0 Å². The maximum absolute atomic E-state index is 8.49. The quantitative estimate of drug-likeness (QED) is 0.713. The predicted octanol–water partition coefficient (Wildman–Crippen LogP) is 0.484. The minimum absolute atomic E-state index is 0.458. The lowest BCUT2D eigenvalue weighted by atomic mass is 10.2. The van der Waals surface area contributed by atoms with Crippen LogP contribution in [0.1, 0.15) is 18.0 Å². The van der Waals surface area contributed by atoms with Crippen LogP contribution in [0.2, 0.25) is 0 Å². The van der Waals surface area contributed by atoms with E-state index in [1.807, 2.05) is 10.9 Å². The Morgan fingerprint density at radius 2 is 2.69 bits per heavy atom. The molecule has 1 N–H and O–H groups in total. The fourth-order valence-electron chi connectivity index (χ4n) is 1.62. The summed E-state index contributed by atoms with van der Waals surface area (Å²) in [5.74, 6) is 0. The van der Waals surface area contributed by atoms with E-state index in [0.29, 0.717) is 12.5 Å². The molecule has 0 amide bonds. The summed E-state index contributed by atoms with van der Waals surface area (Å²) in [5.41, 5.74) is 1.01. The van der Waals surface area contributed by atoms with Crippen molar-refractivity contribution in [1.29, 1.82) is 5.26 Å². The van der Waals surface area contributed by atoms with Crippen LogP contribution in [0.25, 0.3) is 0 Å². The van der Waals surface area contributed by atoms with E-state index in [0.717, 1.165) is 25.1 Å². The Bertz CT molecular complexity index is 317. The van der Waals surface area contributed by atoms with Gasteiger partial charge in [-0.2, -0.15) is 10.4 Å². The molecule has 0 radical (unpaired) electrons. The van der Waals surface area contributed by atoms with Gasteiger partial charge < -0.3 is 5.32 Å². The zero-order valence-electron chi connectivity index (χ0n) is 7.40. The number of hydrogen-bond acceptors (Lipinski definition) is 3. The van der Waals surface area contributed by atoms with Gasteiger partial charge in [-0.3, -0.25) is 4.68 Å². The minimum atomic E-state index is 0.458. The highest BCUT2D eigenvalue weighted by atomic mass is 15.3. The minimum Gasteiger partial charge on any atom is -0.315 e. The molecule has 0 bridgehead atoms. The van der Waals surface area contributed by atoms with E-state index in [9.17, 15) is 0 Å². The normalized spacial score (nSPS) is 21.6. The number of nitriles is 1. The molecule has 0 saturated carbocycles. The molecule has 1 aromatic rings. The van der Waals surface area contributed by atoms with E-state index in [4.69, 9.17) is 5.26 Å². The van der Waals surface area contributed by atoms with Crippen LogP contribution in [0, 0.1) is 11.3 Å². The summed E-state index contributed by atoms with van der Waals surface area (Å²) in [7, 11) is 0. The first-order chi connectivity index (χ1) is 6.40. The van der Waals surface area contributed by atoms with Crippen LogP contribution in [-0.2, 0) is 6.42 Å². The van der Waals surface area contributed by atoms with Crippen molar-refractivity contribution in [3.05, 3.63) is 18.0 Å². The lowest BCUT2D eigenvalue weighted by molar-refractivity contribution is 0.490. The van der Waals surface area contributed by atoms with Gasteiger partial charge in [-0.05, 0) is 13.0 Å². The lowest BCUT2D eigenvalue weighted by Gasteiger charge is -2.07. The van der Waals surface area contributed by atoms with Crippen molar-refractivity contribution in [2.75, 3.05) is 13.1 Å². The monoisotopic (exact) mass is 176 g/mol. The molecule has 13 heavy (non-hydrogen) atoms. The molecule has 1 atom stereocenters. The number of nitrogens with one attached hydrogen (secondary N) is 1. The van der Waals surface area contributed by atoms with Crippen LogP contribution < -0.4 is 5.32 Å². The van der Waals surface area contributed by atoms with Gasteiger partial charge in [-0.1, -0.05) is 0 Å². The standard InChI is InChI=1S/C9H12N4/c10-3-1-8-5-12-13(7-8)9-2-4-11-6-9/h5,7,9,11H,1-2,4,6H2. The Balaban J connectivity index is 2.08. The third-order valence-corrected chi connectivity index (χ3v) is 2.35. The van der Waals surface area contributed by atoms with Crippen molar-refractivity contribution in [1.82, 2.24) is 15.1 Å². The molecule has 68 valence electrons. The van der Waals surface area contributed by atoms with E-state index < -0.39 is 0 Å². The Labute approximate surface area is 77.2 Å². The molecular weight excluding hydrogens is 164 g/mol. The van der Waals surface area contributed by atoms with E-state index in [-0.39, 0.29) is 0 Å². The van der Waals surface area contributed by atoms with Crippen molar-refractivity contribution in [3.63, 3.8) is 0 Å². The molecule has 4 nitrogen and oxygen atoms in total. The first-order valence-electron chi connectivity index (χ1n) is 4.51. The summed E-state index contributed by atoms with van der Waals surface area (Å²) in [6.45, 7) is 2.06. The molecule has 1 aliphatic rings. The second-order valence-electron chi connectivity index (χ2n) is 3.31. The molecule has 2 heterocycles. The highest BCUT2D eigenvalue weighted by Crippen LogP contribution is 2.14. The summed E-state index contributed by atoms with van der Waals surface area (Å²) in [4.78, 5) is 0. The smallest absolute Gasteiger partial charge is 0.0670 e. The first-order valence-corrected chi connectivity index (χ1v) is 4.51. The second kappa shape index (κ2) is 3.58. The average molecular weight is 176 g/mol. The van der Waals surface area contributed by atoms with Gasteiger partial charge in [0, 0.05) is 18.3 Å². The average Bonchev–Trinajstić information content (AvgIpc) is 2.70. The summed E-state index contributed by atoms with van der Waals surface area (Å²) in [5, 5.41) is 16.0. The molecule has 1 aromatic heterocycles. The SMILES string of the molecule is N#CCc1cnn(C2CCNC2)c1. The van der Waals surface area contributed by atoms with Gasteiger partial charge in [0.05, 0.1) is 24.7 Å². The molecule has 0 aromatic carbocycles. The van der Waals surface area contributed by atoms with Gasteiger partial charge in [-0.25, -0.2) is 0 Å². The molecule has 1 aliphatic heterocycles. The van der Waals surface area contributed by atoms with Crippen molar-refractivity contribution in [2.45, 2.75) is 18.9 Å². The van der Waals surface area contributed by atoms with Gasteiger partial charge >= 0.3 is 0 Å². The van der Waals surface area contributed by atoms with Crippen LogP contribution in [0.5, 0.6) is 0 Å². The first kappa shape index (κ1) is 8.27. The van der Waals surface area contributed by atoms with E-state index in [1.165, 1.54) is 0 Å². The molecule has 1 unspecified atom stereocenters. The van der Waals surface area contributed by atoms with Crippen LogP contribution in [0.3, 0.4) is 0 Å². The third-order valence-electron chi connectivity index (χ3n) is 2.35. The number of rotatable bonds is 2. The zero-order chi connectivity index (χ0) is 9.10. The summed E-state index contributed by atoms with van der Waals surface area (Å²) >= 11 is 0. The van der Waals surface area contributed by atoms with E-state index in [1.54, 1.807) is 6.20 Å². The Kier molecular flexibility index (Phi) is 2.28. The number of hydrogen-bond donors (Lipinski definition) is 1. The van der Waals surface area contributed by atoms with Gasteiger partial charge in [0.1, 0.15) is 0 Å². The summed E-state index contributed by atoms with van der Waals surface area (Å²) < 4.78 is 1.96. The van der Waals surface area contributed by atoms with Crippen molar-refractivity contribution < 1.29 is 0 Å². The van der Waals surface area contributed by atoms with Crippen molar-refractivity contribution in [2.24, 2.45) is 0 Å². The zero-order valence-corrected chi connectivity index (χ0v) is 7.40. The molecular formula is C9H12N4. The number of nitrogens with zero attached hydrogens (tertiary/aromatic N) is 3. The van der Waals surface area contributed by atoms with E-state index >= 15 is 0 Å². The topological polar surface area (TPSA) is 53.6 Å². The number of aromatic nitrogens is 2. The van der Waals surface area contributed by atoms with Gasteiger partial charge in [0.2, 0.25) is 0 Å². The van der Waals surface area contributed by atoms with Crippen LogP contribution in [0.15, 0.2) is 12.4 Å². The third kappa shape index (κ3) is 1.70. The van der Waals surface area contributed by atoms with Gasteiger partial charge in [0.25, 0.3) is 0 Å².